The van der Waals surface area contributed by atoms with Crippen molar-refractivity contribution in [2.24, 2.45) is 5.92 Å². The maximum absolute atomic E-state index is 3.64. The molecule has 1 N–H and O–H groups in total. The highest BCUT2D eigenvalue weighted by Crippen LogP contribution is 2.29. The third-order valence-electron chi connectivity index (χ3n) is 4.11. The Kier molecular flexibility index (Phi) is 4.04. The van der Waals surface area contributed by atoms with Crippen LogP contribution in [0.4, 0.5) is 0 Å². The molecule has 2 fully saturated rings. The zero-order valence-corrected chi connectivity index (χ0v) is 10.3. The van der Waals surface area contributed by atoms with Gasteiger partial charge in [-0.15, -0.1) is 0 Å². The van der Waals surface area contributed by atoms with Gasteiger partial charge in [-0.1, -0.05) is 20.3 Å². The number of piperazine rings is 1. The van der Waals surface area contributed by atoms with Gasteiger partial charge in [0, 0.05) is 31.7 Å². The molecule has 15 heavy (non-hydrogen) atoms. The third kappa shape index (κ3) is 2.94. The fraction of sp³-hybridized carbons (Fsp3) is 1.00. The van der Waals surface area contributed by atoms with Crippen LogP contribution in [0.1, 0.15) is 46.0 Å². The van der Waals surface area contributed by atoms with Gasteiger partial charge in [0.05, 0.1) is 0 Å². The Morgan fingerprint density at radius 2 is 2.20 bits per heavy atom. The highest BCUT2D eigenvalue weighted by molar-refractivity contribution is 4.87. The Morgan fingerprint density at radius 3 is 2.87 bits per heavy atom. The summed E-state index contributed by atoms with van der Waals surface area (Å²) in [7, 11) is 0. The highest BCUT2D eigenvalue weighted by atomic mass is 15.2. The highest BCUT2D eigenvalue weighted by Gasteiger charge is 2.29. The lowest BCUT2D eigenvalue weighted by Gasteiger charge is -2.37. The first kappa shape index (κ1) is 11.4. The van der Waals surface area contributed by atoms with Crippen LogP contribution < -0.4 is 5.32 Å². The minimum atomic E-state index is 0.764. The van der Waals surface area contributed by atoms with Gasteiger partial charge in [-0.3, -0.25) is 4.90 Å². The van der Waals surface area contributed by atoms with Gasteiger partial charge in [0.15, 0.2) is 0 Å². The Bertz CT molecular complexity index is 191. The van der Waals surface area contributed by atoms with Crippen molar-refractivity contribution in [3.63, 3.8) is 0 Å². The van der Waals surface area contributed by atoms with Crippen LogP contribution in [0.3, 0.4) is 0 Å². The van der Waals surface area contributed by atoms with Crippen molar-refractivity contribution in [2.45, 2.75) is 58.0 Å². The molecule has 0 radical (unpaired) electrons. The van der Waals surface area contributed by atoms with Gasteiger partial charge in [-0.05, 0) is 31.6 Å². The fourth-order valence-corrected chi connectivity index (χ4v) is 3.23. The first-order valence-corrected chi connectivity index (χ1v) is 6.77. The molecule has 0 bridgehead atoms. The monoisotopic (exact) mass is 210 g/mol. The van der Waals surface area contributed by atoms with Crippen LogP contribution in [-0.2, 0) is 0 Å². The molecular weight excluding hydrogens is 184 g/mol. The fourth-order valence-electron chi connectivity index (χ4n) is 3.23. The molecule has 0 spiro atoms. The summed E-state index contributed by atoms with van der Waals surface area (Å²) in [4.78, 5) is 2.75. The maximum Gasteiger partial charge on any atom is 0.0195 e. The lowest BCUT2D eigenvalue weighted by molar-refractivity contribution is 0.139. The minimum absolute atomic E-state index is 0.764. The van der Waals surface area contributed by atoms with Crippen molar-refractivity contribution in [1.82, 2.24) is 10.2 Å². The van der Waals surface area contributed by atoms with Gasteiger partial charge in [0.25, 0.3) is 0 Å². The molecule has 1 saturated carbocycles. The molecule has 2 rings (SSSR count). The van der Waals surface area contributed by atoms with E-state index in [9.17, 15) is 0 Å². The van der Waals surface area contributed by atoms with Crippen molar-refractivity contribution < 1.29 is 0 Å². The Morgan fingerprint density at radius 1 is 1.33 bits per heavy atom. The summed E-state index contributed by atoms with van der Waals surface area (Å²) in [5, 5.41) is 3.64. The molecule has 1 aliphatic heterocycles. The van der Waals surface area contributed by atoms with Crippen molar-refractivity contribution in [1.29, 1.82) is 0 Å². The van der Waals surface area contributed by atoms with Gasteiger partial charge in [0.1, 0.15) is 0 Å². The summed E-state index contributed by atoms with van der Waals surface area (Å²) in [5.41, 5.74) is 0. The summed E-state index contributed by atoms with van der Waals surface area (Å²) in [6.45, 7) is 8.47. The maximum atomic E-state index is 3.64. The molecule has 0 amide bonds. The van der Waals surface area contributed by atoms with E-state index in [1.54, 1.807) is 0 Å². The molecule has 1 aliphatic carbocycles. The van der Waals surface area contributed by atoms with Crippen LogP contribution in [0, 0.1) is 5.92 Å². The van der Waals surface area contributed by atoms with Crippen LogP contribution in [0.2, 0.25) is 0 Å². The van der Waals surface area contributed by atoms with Gasteiger partial charge >= 0.3 is 0 Å². The van der Waals surface area contributed by atoms with Crippen molar-refractivity contribution in [3.8, 4) is 0 Å². The molecular formula is C13H26N2. The second kappa shape index (κ2) is 5.31. The average molecular weight is 210 g/mol. The normalized spacial score (nSPS) is 38.4. The third-order valence-corrected chi connectivity index (χ3v) is 4.11. The molecule has 2 aliphatic rings. The Balaban J connectivity index is 1.81. The van der Waals surface area contributed by atoms with Crippen LogP contribution in [-0.4, -0.2) is 36.6 Å². The van der Waals surface area contributed by atoms with E-state index in [4.69, 9.17) is 0 Å². The van der Waals surface area contributed by atoms with E-state index < -0.39 is 0 Å². The van der Waals surface area contributed by atoms with Crippen LogP contribution >= 0.6 is 0 Å². The number of nitrogens with one attached hydrogen (secondary N) is 1. The summed E-state index contributed by atoms with van der Waals surface area (Å²) in [6.07, 6.45) is 7.00. The molecule has 0 aromatic heterocycles. The van der Waals surface area contributed by atoms with Crippen LogP contribution in [0.5, 0.6) is 0 Å². The first-order chi connectivity index (χ1) is 7.29. The number of nitrogens with zero attached hydrogens (tertiary/aromatic N) is 1. The summed E-state index contributed by atoms with van der Waals surface area (Å²) < 4.78 is 0. The average Bonchev–Trinajstić information content (AvgIpc) is 2.66. The number of hydrogen-bond donors (Lipinski definition) is 1. The predicted octanol–water partition coefficient (Wildman–Crippen LogP) is 2.25. The quantitative estimate of drug-likeness (QED) is 0.768. The van der Waals surface area contributed by atoms with Gasteiger partial charge in [-0.25, -0.2) is 0 Å². The largest absolute Gasteiger partial charge is 0.311 e. The van der Waals surface area contributed by atoms with Crippen LogP contribution in [0.25, 0.3) is 0 Å². The predicted molar refractivity (Wildman–Crippen MR) is 65.1 cm³/mol. The molecule has 1 saturated heterocycles. The van der Waals surface area contributed by atoms with Gasteiger partial charge < -0.3 is 5.32 Å². The van der Waals surface area contributed by atoms with Crippen molar-refractivity contribution in [2.75, 3.05) is 19.6 Å². The smallest absolute Gasteiger partial charge is 0.0195 e. The molecule has 88 valence electrons. The lowest BCUT2D eigenvalue weighted by atomic mass is 10.1. The lowest BCUT2D eigenvalue weighted by Crippen LogP contribution is -2.53. The van der Waals surface area contributed by atoms with E-state index in [1.165, 1.54) is 51.7 Å². The molecule has 1 heterocycles. The van der Waals surface area contributed by atoms with E-state index in [0.29, 0.717) is 0 Å². The topological polar surface area (TPSA) is 15.3 Å². The molecule has 0 aromatic carbocycles. The minimum Gasteiger partial charge on any atom is -0.311 e. The standard InChI is InChI=1S/C13H26N2/c1-3-4-12-10-15(8-7-14-12)13-6-5-11(2)9-13/h11-14H,3-10H2,1-2H3. The zero-order chi connectivity index (χ0) is 10.7. The van der Waals surface area contributed by atoms with Crippen molar-refractivity contribution >= 4 is 0 Å². The first-order valence-electron chi connectivity index (χ1n) is 6.77. The number of rotatable bonds is 3. The molecule has 2 heteroatoms. The zero-order valence-electron chi connectivity index (χ0n) is 10.3. The number of hydrogen-bond acceptors (Lipinski definition) is 2. The molecule has 2 nitrogen and oxygen atoms in total. The van der Waals surface area contributed by atoms with Gasteiger partial charge in [0.2, 0.25) is 0 Å². The summed E-state index contributed by atoms with van der Waals surface area (Å²) >= 11 is 0. The van der Waals surface area contributed by atoms with E-state index in [0.717, 1.165) is 18.0 Å². The molecule has 3 atom stereocenters. The van der Waals surface area contributed by atoms with E-state index in [-0.39, 0.29) is 0 Å². The van der Waals surface area contributed by atoms with E-state index in [2.05, 4.69) is 24.1 Å². The Hall–Kier alpha value is -0.0800. The van der Waals surface area contributed by atoms with Crippen LogP contribution in [0.15, 0.2) is 0 Å². The van der Waals surface area contributed by atoms with Gasteiger partial charge in [-0.2, -0.15) is 0 Å². The molecule has 3 unspecified atom stereocenters. The SMILES string of the molecule is CCCC1CN(C2CCC(C)C2)CCN1. The van der Waals surface area contributed by atoms with Crippen molar-refractivity contribution in [3.05, 3.63) is 0 Å². The second-order valence-corrected chi connectivity index (χ2v) is 5.51. The molecule has 0 aromatic rings. The summed E-state index contributed by atoms with van der Waals surface area (Å²) in [6, 6.07) is 1.67. The summed E-state index contributed by atoms with van der Waals surface area (Å²) in [5.74, 6) is 0.967. The Labute approximate surface area is 94.4 Å². The van der Waals surface area contributed by atoms with E-state index >= 15 is 0 Å². The second-order valence-electron chi connectivity index (χ2n) is 5.51. The van der Waals surface area contributed by atoms with E-state index in [1.807, 2.05) is 0 Å².